The van der Waals surface area contributed by atoms with E-state index in [4.69, 9.17) is 4.74 Å². The van der Waals surface area contributed by atoms with Crippen LogP contribution in [0, 0.1) is 30.9 Å². The van der Waals surface area contributed by atoms with E-state index in [9.17, 15) is 10.1 Å². The summed E-state index contributed by atoms with van der Waals surface area (Å²) in [6.45, 7) is 6.86. The molecule has 6 heteroatoms. The number of nitro benzene ring substituents is 1. The zero-order valence-corrected chi connectivity index (χ0v) is 13.9. The van der Waals surface area contributed by atoms with E-state index in [-0.39, 0.29) is 5.69 Å². The van der Waals surface area contributed by atoms with Gasteiger partial charge in [0.25, 0.3) is 0 Å². The van der Waals surface area contributed by atoms with Crippen molar-refractivity contribution in [2.75, 3.05) is 6.61 Å². The van der Waals surface area contributed by atoms with Gasteiger partial charge in [-0.2, -0.15) is 0 Å². The summed E-state index contributed by atoms with van der Waals surface area (Å²) in [5.41, 5.74) is 5.23. The number of fused-ring (bicyclic) bond motifs is 1. The molecule has 0 radical (unpaired) electrons. The molecule has 0 aliphatic carbocycles. The van der Waals surface area contributed by atoms with Crippen LogP contribution in [0.3, 0.4) is 0 Å². The van der Waals surface area contributed by atoms with Gasteiger partial charge in [0, 0.05) is 6.07 Å². The summed E-state index contributed by atoms with van der Waals surface area (Å²) >= 11 is 0. The Morgan fingerprint density at radius 3 is 2.67 bits per heavy atom. The molecule has 3 aromatic rings. The van der Waals surface area contributed by atoms with E-state index in [0.29, 0.717) is 18.9 Å². The summed E-state index contributed by atoms with van der Waals surface area (Å²) in [5.74, 6) is 0.294. The van der Waals surface area contributed by atoms with E-state index >= 15 is 0 Å². The van der Waals surface area contributed by atoms with Crippen molar-refractivity contribution in [2.45, 2.75) is 27.3 Å². The molecule has 2 aromatic carbocycles. The number of hydrogen-bond donors (Lipinski definition) is 0. The Labute approximate surface area is 139 Å². The summed E-state index contributed by atoms with van der Waals surface area (Å²) in [4.78, 5) is 15.1. The van der Waals surface area contributed by atoms with Crippen molar-refractivity contribution in [2.24, 2.45) is 0 Å². The Hall–Kier alpha value is -2.89. The van der Waals surface area contributed by atoms with Crippen LogP contribution >= 0.6 is 0 Å². The van der Waals surface area contributed by atoms with Gasteiger partial charge in [-0.15, -0.1) is 0 Å². The first kappa shape index (κ1) is 16.0. The van der Waals surface area contributed by atoms with Crippen LogP contribution in [0.4, 0.5) is 5.69 Å². The Morgan fingerprint density at radius 2 is 1.92 bits per heavy atom. The molecule has 0 aliphatic rings. The number of aromatic nitrogens is 2. The molecule has 6 nitrogen and oxygen atoms in total. The zero-order valence-electron chi connectivity index (χ0n) is 13.9. The van der Waals surface area contributed by atoms with Gasteiger partial charge in [0.1, 0.15) is 6.61 Å². The van der Waals surface area contributed by atoms with E-state index < -0.39 is 4.92 Å². The van der Waals surface area contributed by atoms with E-state index in [2.05, 4.69) is 31.0 Å². The summed E-state index contributed by atoms with van der Waals surface area (Å²) in [6.07, 6.45) is 1.77. The van der Waals surface area contributed by atoms with E-state index in [1.807, 2.05) is 11.5 Å². The number of ether oxygens (including phenoxy) is 1. The maximum absolute atomic E-state index is 11.1. The van der Waals surface area contributed by atoms with Gasteiger partial charge in [-0.3, -0.25) is 10.1 Å². The van der Waals surface area contributed by atoms with Crippen molar-refractivity contribution >= 4 is 16.7 Å². The van der Waals surface area contributed by atoms with Gasteiger partial charge >= 0.3 is 5.69 Å². The minimum absolute atomic E-state index is 0.00282. The molecule has 0 N–H and O–H groups in total. The average molecular weight is 325 g/mol. The molecule has 0 aliphatic heterocycles. The zero-order chi connectivity index (χ0) is 17.3. The first-order valence-electron chi connectivity index (χ1n) is 7.75. The highest BCUT2D eigenvalue weighted by Crippen LogP contribution is 2.27. The number of hydrogen-bond acceptors (Lipinski definition) is 4. The summed E-state index contributed by atoms with van der Waals surface area (Å²) in [6, 6.07) is 9.14. The van der Waals surface area contributed by atoms with Crippen molar-refractivity contribution in [3.63, 3.8) is 0 Å². The van der Waals surface area contributed by atoms with Gasteiger partial charge in [-0.1, -0.05) is 6.07 Å². The molecule has 0 amide bonds. The third-order valence-corrected chi connectivity index (χ3v) is 4.14. The normalized spacial score (nSPS) is 11.0. The topological polar surface area (TPSA) is 70.2 Å². The summed E-state index contributed by atoms with van der Waals surface area (Å²) in [5, 5.41) is 11.1. The van der Waals surface area contributed by atoms with Crippen LogP contribution in [0.15, 0.2) is 36.7 Å². The Kier molecular flexibility index (Phi) is 4.20. The molecule has 0 spiro atoms. The van der Waals surface area contributed by atoms with Crippen LogP contribution in [0.1, 0.15) is 16.7 Å². The van der Waals surface area contributed by atoms with Crippen LogP contribution in [0.25, 0.3) is 11.0 Å². The molecule has 3 rings (SSSR count). The monoisotopic (exact) mass is 325 g/mol. The molecule has 24 heavy (non-hydrogen) atoms. The lowest BCUT2D eigenvalue weighted by molar-refractivity contribution is -0.385. The predicted molar refractivity (Wildman–Crippen MR) is 92.5 cm³/mol. The number of imidazole rings is 1. The highest BCUT2D eigenvalue weighted by Gasteiger charge is 2.15. The maximum Gasteiger partial charge on any atom is 0.311 e. The lowest BCUT2D eigenvalue weighted by Crippen LogP contribution is -2.08. The van der Waals surface area contributed by atoms with Gasteiger partial charge in [-0.25, -0.2) is 4.98 Å². The number of rotatable bonds is 5. The minimum Gasteiger partial charge on any atom is -0.485 e. The molecule has 1 aromatic heterocycles. The molecule has 0 unspecified atom stereocenters. The van der Waals surface area contributed by atoms with Gasteiger partial charge in [0.15, 0.2) is 5.75 Å². The quantitative estimate of drug-likeness (QED) is 0.526. The lowest BCUT2D eigenvalue weighted by atomic mass is 10.1. The van der Waals surface area contributed by atoms with Crippen molar-refractivity contribution in [1.29, 1.82) is 0 Å². The standard InChI is InChI=1S/C18H19N3O3/c1-12-4-5-18(17(8-12)21(22)23)24-7-6-20-11-19-15-9-13(2)14(3)10-16(15)20/h4-5,8-11H,6-7H2,1-3H3. The van der Waals surface area contributed by atoms with E-state index in [0.717, 1.165) is 16.6 Å². The molecule has 124 valence electrons. The van der Waals surface area contributed by atoms with Gasteiger partial charge in [-0.05, 0) is 55.7 Å². The largest absolute Gasteiger partial charge is 0.485 e. The summed E-state index contributed by atoms with van der Waals surface area (Å²) in [7, 11) is 0. The second-order valence-corrected chi connectivity index (χ2v) is 5.94. The molecule has 0 saturated carbocycles. The maximum atomic E-state index is 11.1. The fraction of sp³-hybridized carbons (Fsp3) is 0.278. The molecule has 0 fully saturated rings. The highest BCUT2D eigenvalue weighted by atomic mass is 16.6. The van der Waals surface area contributed by atoms with E-state index in [1.165, 1.54) is 17.2 Å². The second kappa shape index (κ2) is 6.31. The van der Waals surface area contributed by atoms with Crippen molar-refractivity contribution < 1.29 is 9.66 Å². The van der Waals surface area contributed by atoms with Gasteiger partial charge < -0.3 is 9.30 Å². The number of nitrogens with zero attached hydrogens (tertiary/aromatic N) is 3. The number of aryl methyl sites for hydroxylation is 3. The van der Waals surface area contributed by atoms with Crippen molar-refractivity contribution in [1.82, 2.24) is 9.55 Å². The predicted octanol–water partition coefficient (Wildman–Crippen LogP) is 3.95. The minimum atomic E-state index is -0.416. The molecular formula is C18H19N3O3. The number of nitro groups is 1. The molecule has 0 saturated heterocycles. The van der Waals surface area contributed by atoms with Crippen LogP contribution in [0.5, 0.6) is 5.75 Å². The fourth-order valence-corrected chi connectivity index (χ4v) is 2.64. The first-order valence-corrected chi connectivity index (χ1v) is 7.75. The first-order chi connectivity index (χ1) is 11.5. The van der Waals surface area contributed by atoms with Crippen molar-refractivity contribution in [3.05, 3.63) is 63.5 Å². The molecule has 1 heterocycles. The van der Waals surface area contributed by atoms with Crippen LogP contribution in [0.2, 0.25) is 0 Å². The smallest absolute Gasteiger partial charge is 0.311 e. The van der Waals surface area contributed by atoms with Gasteiger partial charge in [0.05, 0.1) is 28.8 Å². The van der Waals surface area contributed by atoms with Crippen LogP contribution in [-0.4, -0.2) is 21.1 Å². The SMILES string of the molecule is Cc1ccc(OCCn2cnc3cc(C)c(C)cc32)c([N+](=O)[O-])c1. The third kappa shape index (κ3) is 3.08. The molecular weight excluding hydrogens is 306 g/mol. The Morgan fingerprint density at radius 1 is 1.17 bits per heavy atom. The Bertz CT molecular complexity index is 915. The van der Waals surface area contributed by atoms with Gasteiger partial charge in [0.2, 0.25) is 0 Å². The molecule has 0 bridgehead atoms. The van der Waals surface area contributed by atoms with Crippen LogP contribution < -0.4 is 4.74 Å². The molecule has 0 atom stereocenters. The number of benzene rings is 2. The Balaban J connectivity index is 1.76. The van der Waals surface area contributed by atoms with E-state index in [1.54, 1.807) is 18.5 Å². The second-order valence-electron chi connectivity index (χ2n) is 5.94. The fourth-order valence-electron chi connectivity index (χ4n) is 2.64. The third-order valence-electron chi connectivity index (χ3n) is 4.14. The average Bonchev–Trinajstić information content (AvgIpc) is 2.91. The van der Waals surface area contributed by atoms with Crippen molar-refractivity contribution in [3.8, 4) is 5.75 Å². The van der Waals surface area contributed by atoms with Crippen LogP contribution in [-0.2, 0) is 6.54 Å². The highest BCUT2D eigenvalue weighted by molar-refractivity contribution is 5.77. The summed E-state index contributed by atoms with van der Waals surface area (Å²) < 4.78 is 7.64. The lowest BCUT2D eigenvalue weighted by Gasteiger charge is -2.09.